The molecule has 0 heterocycles. The van der Waals surface area contributed by atoms with Crippen LogP contribution in [0.25, 0.3) is 0 Å². The van der Waals surface area contributed by atoms with E-state index in [0.29, 0.717) is 22.3 Å². The van der Waals surface area contributed by atoms with Crippen LogP contribution in [0, 0.1) is 3.57 Å². The van der Waals surface area contributed by atoms with Crippen molar-refractivity contribution < 1.29 is 9.59 Å². The smallest absolute Gasteiger partial charge is 0.193 e. The number of carbonyl (C=O) groups excluding carboxylic acids is 2. The Morgan fingerprint density at radius 1 is 0.565 bits per heavy atom. The minimum Gasteiger partial charge on any atom is -0.289 e. The van der Waals surface area contributed by atoms with E-state index in [9.17, 15) is 9.59 Å². The first-order valence-corrected chi connectivity index (χ1v) is 8.23. The van der Waals surface area contributed by atoms with Crippen LogP contribution >= 0.6 is 22.6 Å². The van der Waals surface area contributed by atoms with Crippen LogP contribution in [0.5, 0.6) is 0 Å². The summed E-state index contributed by atoms with van der Waals surface area (Å²) in [7, 11) is 0. The van der Waals surface area contributed by atoms with Crippen molar-refractivity contribution in [2.75, 3.05) is 0 Å². The SMILES string of the molecule is O=C(c1ccccc1)c1cc(I)cc(C(=O)c2ccccc2)c1. The van der Waals surface area contributed by atoms with E-state index in [1.54, 1.807) is 42.5 Å². The maximum atomic E-state index is 12.6. The lowest BCUT2D eigenvalue weighted by atomic mass is 9.97. The van der Waals surface area contributed by atoms with E-state index in [4.69, 9.17) is 0 Å². The van der Waals surface area contributed by atoms with Crippen LogP contribution in [0.4, 0.5) is 0 Å². The van der Waals surface area contributed by atoms with E-state index < -0.39 is 0 Å². The third-order valence-corrected chi connectivity index (χ3v) is 4.12. The van der Waals surface area contributed by atoms with E-state index in [1.165, 1.54) is 0 Å². The fourth-order valence-electron chi connectivity index (χ4n) is 2.36. The molecule has 0 N–H and O–H groups in total. The molecule has 3 rings (SSSR count). The molecule has 0 aliphatic carbocycles. The molecule has 3 heteroatoms. The van der Waals surface area contributed by atoms with Crippen molar-refractivity contribution in [3.8, 4) is 0 Å². The Labute approximate surface area is 148 Å². The van der Waals surface area contributed by atoms with Crippen LogP contribution in [-0.2, 0) is 0 Å². The van der Waals surface area contributed by atoms with Gasteiger partial charge in [-0.05, 0) is 40.8 Å². The highest BCUT2D eigenvalue weighted by molar-refractivity contribution is 14.1. The Bertz CT molecular complexity index is 786. The zero-order valence-electron chi connectivity index (χ0n) is 12.2. The molecule has 0 radical (unpaired) electrons. The van der Waals surface area contributed by atoms with Crippen molar-refractivity contribution in [2.24, 2.45) is 0 Å². The van der Waals surface area contributed by atoms with Crippen molar-refractivity contribution in [2.45, 2.75) is 0 Å². The Morgan fingerprint density at radius 2 is 0.957 bits per heavy atom. The zero-order chi connectivity index (χ0) is 16.2. The van der Waals surface area contributed by atoms with Gasteiger partial charge < -0.3 is 0 Å². The second-order valence-corrected chi connectivity index (χ2v) is 6.36. The molecule has 0 bridgehead atoms. The van der Waals surface area contributed by atoms with Crippen molar-refractivity contribution >= 4 is 34.2 Å². The molecule has 112 valence electrons. The molecule has 2 nitrogen and oxygen atoms in total. The summed E-state index contributed by atoms with van der Waals surface area (Å²) in [5.74, 6) is -0.155. The number of halogens is 1. The van der Waals surface area contributed by atoms with Gasteiger partial charge in [0.1, 0.15) is 0 Å². The van der Waals surface area contributed by atoms with E-state index in [0.717, 1.165) is 3.57 Å². The van der Waals surface area contributed by atoms with Gasteiger partial charge in [0, 0.05) is 25.8 Å². The Hall–Kier alpha value is -2.27. The first kappa shape index (κ1) is 15.6. The molecular formula is C20H13IO2. The van der Waals surface area contributed by atoms with Crippen LogP contribution in [0.15, 0.2) is 78.9 Å². The van der Waals surface area contributed by atoms with E-state index in [1.807, 2.05) is 36.4 Å². The molecule has 0 fully saturated rings. The molecule has 0 spiro atoms. The summed E-state index contributed by atoms with van der Waals surface area (Å²) in [6, 6.07) is 23.5. The topological polar surface area (TPSA) is 34.1 Å². The highest BCUT2D eigenvalue weighted by Crippen LogP contribution is 2.19. The van der Waals surface area contributed by atoms with Gasteiger partial charge >= 0.3 is 0 Å². The summed E-state index contributed by atoms with van der Waals surface area (Å²) >= 11 is 2.13. The average Bonchev–Trinajstić information content (AvgIpc) is 2.61. The van der Waals surface area contributed by atoms with Gasteiger partial charge in [-0.1, -0.05) is 60.7 Å². The monoisotopic (exact) mass is 412 g/mol. The zero-order valence-corrected chi connectivity index (χ0v) is 14.4. The quantitative estimate of drug-likeness (QED) is 0.458. The third kappa shape index (κ3) is 3.56. The predicted octanol–water partition coefficient (Wildman–Crippen LogP) is 4.75. The summed E-state index contributed by atoms with van der Waals surface area (Å²) < 4.78 is 0.865. The van der Waals surface area contributed by atoms with Crippen LogP contribution < -0.4 is 0 Å². The maximum Gasteiger partial charge on any atom is 0.193 e. The first-order chi connectivity index (χ1) is 11.1. The number of ketones is 2. The normalized spacial score (nSPS) is 10.3. The van der Waals surface area contributed by atoms with Gasteiger partial charge in [-0.15, -0.1) is 0 Å². The number of benzene rings is 3. The van der Waals surface area contributed by atoms with Gasteiger partial charge in [0.05, 0.1) is 0 Å². The molecule has 0 saturated heterocycles. The highest BCUT2D eigenvalue weighted by Gasteiger charge is 2.15. The molecule has 0 atom stereocenters. The third-order valence-electron chi connectivity index (χ3n) is 3.49. The van der Waals surface area contributed by atoms with Crippen LogP contribution in [0.2, 0.25) is 0 Å². The standard InChI is InChI=1S/C20H13IO2/c21-18-12-16(19(22)14-7-3-1-4-8-14)11-17(13-18)20(23)15-9-5-2-6-10-15/h1-13H. The highest BCUT2D eigenvalue weighted by atomic mass is 127. The second kappa shape index (κ2) is 6.87. The average molecular weight is 412 g/mol. The lowest BCUT2D eigenvalue weighted by Gasteiger charge is -2.06. The van der Waals surface area contributed by atoms with Crippen molar-refractivity contribution in [1.29, 1.82) is 0 Å². The van der Waals surface area contributed by atoms with Gasteiger partial charge in [0.15, 0.2) is 11.6 Å². The van der Waals surface area contributed by atoms with Gasteiger partial charge in [-0.2, -0.15) is 0 Å². The second-order valence-electron chi connectivity index (χ2n) is 5.12. The molecule has 0 amide bonds. The lowest BCUT2D eigenvalue weighted by Crippen LogP contribution is -2.06. The Balaban J connectivity index is 2.00. The molecule has 3 aromatic carbocycles. The van der Waals surface area contributed by atoms with E-state index >= 15 is 0 Å². The summed E-state index contributed by atoms with van der Waals surface area (Å²) in [5.41, 5.74) is 2.30. The molecule has 0 saturated carbocycles. The van der Waals surface area contributed by atoms with E-state index in [2.05, 4.69) is 22.6 Å². The van der Waals surface area contributed by atoms with Gasteiger partial charge in [0.25, 0.3) is 0 Å². The van der Waals surface area contributed by atoms with Crippen molar-refractivity contribution in [3.63, 3.8) is 0 Å². The summed E-state index contributed by atoms with van der Waals surface area (Å²) in [6.45, 7) is 0. The van der Waals surface area contributed by atoms with Crippen LogP contribution in [0.3, 0.4) is 0 Å². The molecule has 23 heavy (non-hydrogen) atoms. The molecule has 0 unspecified atom stereocenters. The maximum absolute atomic E-state index is 12.6. The Morgan fingerprint density at radius 3 is 1.35 bits per heavy atom. The fraction of sp³-hybridized carbons (Fsp3) is 0. The minimum absolute atomic E-state index is 0.0776. The molecular weight excluding hydrogens is 399 g/mol. The molecule has 3 aromatic rings. The predicted molar refractivity (Wildman–Crippen MR) is 98.9 cm³/mol. The van der Waals surface area contributed by atoms with Gasteiger partial charge in [-0.25, -0.2) is 0 Å². The van der Waals surface area contributed by atoms with Gasteiger partial charge in [0.2, 0.25) is 0 Å². The largest absolute Gasteiger partial charge is 0.289 e. The fourth-order valence-corrected chi connectivity index (χ4v) is 3.04. The minimum atomic E-state index is -0.0776. The van der Waals surface area contributed by atoms with Crippen LogP contribution in [-0.4, -0.2) is 11.6 Å². The summed E-state index contributed by atoms with van der Waals surface area (Å²) in [6.07, 6.45) is 0. The van der Waals surface area contributed by atoms with Crippen molar-refractivity contribution in [3.05, 3.63) is 105 Å². The molecule has 0 aliphatic rings. The number of hydrogen-bond donors (Lipinski definition) is 0. The van der Waals surface area contributed by atoms with Gasteiger partial charge in [-0.3, -0.25) is 9.59 Å². The van der Waals surface area contributed by atoms with Crippen molar-refractivity contribution in [1.82, 2.24) is 0 Å². The first-order valence-electron chi connectivity index (χ1n) is 7.15. The van der Waals surface area contributed by atoms with E-state index in [-0.39, 0.29) is 11.6 Å². The Kier molecular flexibility index (Phi) is 4.67. The molecule has 0 aromatic heterocycles. The lowest BCUT2D eigenvalue weighted by molar-refractivity contribution is 0.103. The number of rotatable bonds is 4. The number of hydrogen-bond acceptors (Lipinski definition) is 2. The molecule has 0 aliphatic heterocycles. The number of carbonyl (C=O) groups is 2. The summed E-state index contributed by atoms with van der Waals surface area (Å²) in [5, 5.41) is 0. The summed E-state index contributed by atoms with van der Waals surface area (Å²) in [4.78, 5) is 25.2. The van der Waals surface area contributed by atoms with Crippen LogP contribution in [0.1, 0.15) is 31.8 Å².